The van der Waals surface area contributed by atoms with Gasteiger partial charge in [-0.25, -0.2) is 8.42 Å². The fourth-order valence-corrected chi connectivity index (χ4v) is 3.92. The minimum atomic E-state index is -3.93. The highest BCUT2D eigenvalue weighted by Gasteiger charge is 2.26. The molecule has 1 aliphatic rings. The van der Waals surface area contributed by atoms with Crippen molar-refractivity contribution >= 4 is 33.2 Å². The van der Waals surface area contributed by atoms with Crippen LogP contribution in [0.25, 0.3) is 0 Å². The maximum Gasteiger partial charge on any atom is 0.262 e. The first kappa shape index (κ1) is 19.8. The van der Waals surface area contributed by atoms with Crippen LogP contribution >= 0.6 is 0 Å². The summed E-state index contributed by atoms with van der Waals surface area (Å²) in [6, 6.07) is 9.69. The highest BCUT2D eigenvalue weighted by atomic mass is 32.2. The van der Waals surface area contributed by atoms with E-state index in [4.69, 9.17) is 4.74 Å². The number of ether oxygens (including phenoxy) is 1. The van der Waals surface area contributed by atoms with Crippen molar-refractivity contribution in [3.05, 3.63) is 47.5 Å². The van der Waals surface area contributed by atoms with Gasteiger partial charge < -0.3 is 15.4 Å². The molecule has 0 saturated heterocycles. The number of likely N-dealkylation sites (N-methyl/N-ethyl adjacent to an activating group) is 1. The number of rotatable bonds is 5. The second kappa shape index (κ2) is 7.61. The molecule has 2 aromatic rings. The Morgan fingerprint density at radius 1 is 1.25 bits per heavy atom. The SMILES string of the molecule is Cc1cccc(NC(=O)CN(C)S(=O)(=O)c2ccc3c(c2)NC(=O)CO3)c1C. The van der Waals surface area contributed by atoms with E-state index >= 15 is 0 Å². The van der Waals surface area contributed by atoms with Crippen molar-refractivity contribution in [1.82, 2.24) is 4.31 Å². The predicted molar refractivity (Wildman–Crippen MR) is 105 cm³/mol. The fourth-order valence-electron chi connectivity index (χ4n) is 2.77. The minimum absolute atomic E-state index is 0.0425. The number of hydrogen-bond donors (Lipinski definition) is 2. The monoisotopic (exact) mass is 403 g/mol. The molecule has 1 aliphatic heterocycles. The molecule has 8 nitrogen and oxygen atoms in total. The van der Waals surface area contributed by atoms with Gasteiger partial charge in [-0.05, 0) is 49.2 Å². The standard InChI is InChI=1S/C19H21N3O5S/c1-12-5-4-6-15(13(12)2)20-18(23)10-22(3)28(25,26)14-7-8-17-16(9-14)21-19(24)11-27-17/h4-9H,10-11H2,1-3H3,(H,20,23)(H,21,24). The van der Waals surface area contributed by atoms with Crippen LogP contribution in [0.5, 0.6) is 5.75 Å². The lowest BCUT2D eigenvalue weighted by Crippen LogP contribution is -2.35. The summed E-state index contributed by atoms with van der Waals surface area (Å²) in [5.41, 5.74) is 2.87. The maximum absolute atomic E-state index is 12.8. The second-order valence-corrected chi connectivity index (χ2v) is 8.60. The molecule has 9 heteroatoms. The normalized spacial score (nSPS) is 13.5. The number of hydrogen-bond acceptors (Lipinski definition) is 5. The number of aryl methyl sites for hydroxylation is 1. The molecular weight excluding hydrogens is 382 g/mol. The maximum atomic E-state index is 12.8. The van der Waals surface area contributed by atoms with Gasteiger partial charge in [0, 0.05) is 12.7 Å². The number of sulfonamides is 1. The number of anilines is 2. The molecule has 1 heterocycles. The number of nitrogens with one attached hydrogen (secondary N) is 2. The number of carbonyl (C=O) groups is 2. The number of fused-ring (bicyclic) bond motifs is 1. The molecule has 0 unspecified atom stereocenters. The van der Waals surface area contributed by atoms with Gasteiger partial charge in [0.2, 0.25) is 15.9 Å². The Morgan fingerprint density at radius 3 is 2.75 bits per heavy atom. The van der Waals surface area contributed by atoms with Crippen molar-refractivity contribution in [2.45, 2.75) is 18.7 Å². The highest BCUT2D eigenvalue weighted by Crippen LogP contribution is 2.31. The molecule has 0 aliphatic carbocycles. The zero-order valence-corrected chi connectivity index (χ0v) is 16.6. The van der Waals surface area contributed by atoms with Crippen LogP contribution in [0.15, 0.2) is 41.3 Å². The summed E-state index contributed by atoms with van der Waals surface area (Å²) in [6.07, 6.45) is 0. The lowest BCUT2D eigenvalue weighted by Gasteiger charge is -2.21. The first-order valence-electron chi connectivity index (χ1n) is 8.57. The third-order valence-electron chi connectivity index (χ3n) is 4.54. The van der Waals surface area contributed by atoms with Crippen LogP contribution in [0.1, 0.15) is 11.1 Å². The first-order chi connectivity index (χ1) is 13.2. The van der Waals surface area contributed by atoms with Crippen LogP contribution in [-0.4, -0.2) is 44.7 Å². The van der Waals surface area contributed by atoms with E-state index in [2.05, 4.69) is 10.6 Å². The van der Waals surface area contributed by atoms with Crippen LogP contribution in [0.3, 0.4) is 0 Å². The lowest BCUT2D eigenvalue weighted by atomic mass is 10.1. The number of carbonyl (C=O) groups excluding carboxylic acids is 2. The average Bonchev–Trinajstić information content (AvgIpc) is 2.64. The molecule has 0 bridgehead atoms. The molecule has 0 radical (unpaired) electrons. The van der Waals surface area contributed by atoms with Crippen LogP contribution in [0.4, 0.5) is 11.4 Å². The Hall–Kier alpha value is -2.91. The van der Waals surface area contributed by atoms with Gasteiger partial charge in [0.05, 0.1) is 17.1 Å². The predicted octanol–water partition coefficient (Wildman–Crippen LogP) is 1.89. The van der Waals surface area contributed by atoms with E-state index in [-0.39, 0.29) is 29.6 Å². The molecule has 3 rings (SSSR count). The topological polar surface area (TPSA) is 105 Å². The van der Waals surface area contributed by atoms with Gasteiger partial charge >= 0.3 is 0 Å². The van der Waals surface area contributed by atoms with E-state index in [1.807, 2.05) is 26.0 Å². The molecule has 0 aromatic heterocycles. The lowest BCUT2D eigenvalue weighted by molar-refractivity contribution is -0.118. The molecule has 2 amide bonds. The summed E-state index contributed by atoms with van der Waals surface area (Å²) in [6.45, 7) is 3.35. The van der Waals surface area contributed by atoms with Crippen molar-refractivity contribution in [2.24, 2.45) is 0 Å². The van der Waals surface area contributed by atoms with E-state index in [0.29, 0.717) is 11.4 Å². The molecule has 0 atom stereocenters. The van der Waals surface area contributed by atoms with E-state index in [1.165, 1.54) is 25.2 Å². The van der Waals surface area contributed by atoms with Crippen molar-refractivity contribution in [2.75, 3.05) is 30.8 Å². The summed E-state index contributed by atoms with van der Waals surface area (Å²) in [4.78, 5) is 23.7. The van der Waals surface area contributed by atoms with Crippen molar-refractivity contribution in [3.63, 3.8) is 0 Å². The Bertz CT molecular complexity index is 1050. The van der Waals surface area contributed by atoms with Gasteiger partial charge in [0.15, 0.2) is 6.61 Å². The summed E-state index contributed by atoms with van der Waals surface area (Å²) in [7, 11) is -2.60. The Labute approximate surface area is 163 Å². The van der Waals surface area contributed by atoms with Crippen LogP contribution in [0.2, 0.25) is 0 Å². The van der Waals surface area contributed by atoms with E-state index < -0.39 is 15.9 Å². The number of amides is 2. The summed E-state index contributed by atoms with van der Waals surface area (Å²) >= 11 is 0. The Morgan fingerprint density at radius 2 is 2.00 bits per heavy atom. The van der Waals surface area contributed by atoms with Crippen LogP contribution in [0, 0.1) is 13.8 Å². The molecule has 28 heavy (non-hydrogen) atoms. The smallest absolute Gasteiger partial charge is 0.262 e. The average molecular weight is 403 g/mol. The number of benzene rings is 2. The molecule has 0 fully saturated rings. The fraction of sp³-hybridized carbons (Fsp3) is 0.263. The third-order valence-corrected chi connectivity index (χ3v) is 6.34. The van der Waals surface area contributed by atoms with Crippen LogP contribution in [-0.2, 0) is 19.6 Å². The summed E-state index contributed by atoms with van der Waals surface area (Å²) in [5, 5.41) is 5.31. The number of nitrogens with zero attached hydrogens (tertiary/aromatic N) is 1. The second-order valence-electron chi connectivity index (χ2n) is 6.55. The van der Waals surface area contributed by atoms with Gasteiger partial charge in [-0.15, -0.1) is 0 Å². The minimum Gasteiger partial charge on any atom is -0.482 e. The summed E-state index contributed by atoms with van der Waals surface area (Å²) in [5.74, 6) is -0.411. The highest BCUT2D eigenvalue weighted by molar-refractivity contribution is 7.89. The quantitative estimate of drug-likeness (QED) is 0.793. The van der Waals surface area contributed by atoms with Crippen molar-refractivity contribution in [3.8, 4) is 5.75 Å². The van der Waals surface area contributed by atoms with E-state index in [9.17, 15) is 18.0 Å². The summed E-state index contributed by atoms with van der Waals surface area (Å²) < 4.78 is 31.8. The first-order valence-corrected chi connectivity index (χ1v) is 10.0. The van der Waals surface area contributed by atoms with Gasteiger partial charge in [-0.1, -0.05) is 12.1 Å². The zero-order chi connectivity index (χ0) is 20.5. The van der Waals surface area contributed by atoms with Crippen LogP contribution < -0.4 is 15.4 Å². The van der Waals surface area contributed by atoms with Gasteiger partial charge in [-0.3, -0.25) is 9.59 Å². The van der Waals surface area contributed by atoms with Gasteiger partial charge in [0.25, 0.3) is 5.91 Å². The largest absolute Gasteiger partial charge is 0.482 e. The Balaban J connectivity index is 1.75. The van der Waals surface area contributed by atoms with E-state index in [1.54, 1.807) is 6.07 Å². The molecule has 2 N–H and O–H groups in total. The van der Waals surface area contributed by atoms with E-state index in [0.717, 1.165) is 15.4 Å². The van der Waals surface area contributed by atoms with Crippen molar-refractivity contribution in [1.29, 1.82) is 0 Å². The third kappa shape index (κ3) is 4.00. The Kier molecular flexibility index (Phi) is 5.39. The zero-order valence-electron chi connectivity index (χ0n) is 15.8. The molecular formula is C19H21N3O5S. The van der Waals surface area contributed by atoms with Gasteiger partial charge in [-0.2, -0.15) is 4.31 Å². The van der Waals surface area contributed by atoms with Crippen molar-refractivity contribution < 1.29 is 22.7 Å². The van der Waals surface area contributed by atoms with Gasteiger partial charge in [0.1, 0.15) is 5.75 Å². The molecule has 2 aromatic carbocycles. The molecule has 0 spiro atoms. The molecule has 0 saturated carbocycles. The molecule has 148 valence electrons.